The maximum absolute atomic E-state index is 12.5. The molecular weight excluding hydrogens is 444 g/mol. The van der Waals surface area contributed by atoms with Crippen LogP contribution in [0.5, 0.6) is 11.5 Å². The zero-order chi connectivity index (χ0) is 24.8. The molecule has 4 rings (SSSR count). The fourth-order valence-electron chi connectivity index (χ4n) is 3.89. The number of hydrogen-bond acceptors (Lipinski definition) is 7. The lowest BCUT2D eigenvalue weighted by atomic mass is 10.1. The highest BCUT2D eigenvalue weighted by Crippen LogP contribution is 2.36. The van der Waals surface area contributed by atoms with Crippen LogP contribution in [-0.4, -0.2) is 50.8 Å². The van der Waals surface area contributed by atoms with Gasteiger partial charge >= 0.3 is 0 Å². The number of carbonyl (C=O) groups is 1. The Bertz CT molecular complexity index is 1340. The first-order chi connectivity index (χ1) is 17.0. The highest BCUT2D eigenvalue weighted by atomic mass is 16.5. The van der Waals surface area contributed by atoms with Gasteiger partial charge in [0.05, 0.1) is 25.6 Å². The topological polar surface area (TPSA) is 108 Å². The SMILES string of the molecule is C=CC(=O)N(CCn1nc(-c2ccc(OCC)c(OC)c2)c2c(N)ncnc21)Cc1ccccc1. The van der Waals surface area contributed by atoms with Crippen LogP contribution in [0.3, 0.4) is 0 Å². The molecule has 0 atom stereocenters. The van der Waals surface area contributed by atoms with Crippen molar-refractivity contribution < 1.29 is 14.3 Å². The zero-order valence-electron chi connectivity index (χ0n) is 19.8. The number of amides is 1. The van der Waals surface area contributed by atoms with Crippen LogP contribution < -0.4 is 15.2 Å². The Morgan fingerprint density at radius 1 is 1.17 bits per heavy atom. The summed E-state index contributed by atoms with van der Waals surface area (Å²) in [5, 5.41) is 5.45. The first-order valence-corrected chi connectivity index (χ1v) is 11.3. The number of fused-ring (bicyclic) bond motifs is 1. The van der Waals surface area contributed by atoms with Crippen molar-refractivity contribution in [2.24, 2.45) is 0 Å². The number of ether oxygens (including phenoxy) is 2. The van der Waals surface area contributed by atoms with E-state index in [4.69, 9.17) is 20.3 Å². The number of aromatic nitrogens is 4. The number of nitrogens with zero attached hydrogens (tertiary/aromatic N) is 5. The molecule has 2 heterocycles. The molecule has 2 aromatic carbocycles. The predicted octanol–water partition coefficient (Wildman–Crippen LogP) is 3.70. The van der Waals surface area contributed by atoms with Gasteiger partial charge in [-0.1, -0.05) is 36.9 Å². The van der Waals surface area contributed by atoms with Crippen LogP contribution in [0.2, 0.25) is 0 Å². The Hall–Kier alpha value is -4.40. The summed E-state index contributed by atoms with van der Waals surface area (Å²) < 4.78 is 12.9. The van der Waals surface area contributed by atoms with Crippen LogP contribution in [0.4, 0.5) is 5.82 Å². The fourth-order valence-corrected chi connectivity index (χ4v) is 3.89. The van der Waals surface area contributed by atoms with Crippen LogP contribution in [-0.2, 0) is 17.9 Å². The molecular formula is C26H28N6O3. The van der Waals surface area contributed by atoms with Crippen molar-refractivity contribution in [1.82, 2.24) is 24.6 Å². The number of nitrogens with two attached hydrogens (primary N) is 1. The van der Waals surface area contributed by atoms with E-state index < -0.39 is 0 Å². The molecule has 9 heteroatoms. The lowest BCUT2D eigenvalue weighted by Gasteiger charge is -2.21. The Morgan fingerprint density at radius 3 is 2.69 bits per heavy atom. The van der Waals surface area contributed by atoms with Gasteiger partial charge in [0.2, 0.25) is 5.91 Å². The highest BCUT2D eigenvalue weighted by molar-refractivity contribution is 5.98. The average molecular weight is 473 g/mol. The molecule has 0 unspecified atom stereocenters. The monoisotopic (exact) mass is 472 g/mol. The second-order valence-corrected chi connectivity index (χ2v) is 7.78. The van der Waals surface area contributed by atoms with Crippen LogP contribution in [0, 0.1) is 0 Å². The molecule has 0 aliphatic heterocycles. The number of hydrogen-bond donors (Lipinski definition) is 1. The van der Waals surface area contributed by atoms with Gasteiger partial charge < -0.3 is 20.1 Å². The summed E-state index contributed by atoms with van der Waals surface area (Å²) in [4.78, 5) is 22.9. The highest BCUT2D eigenvalue weighted by Gasteiger charge is 2.20. The van der Waals surface area contributed by atoms with E-state index in [1.165, 1.54) is 12.4 Å². The second-order valence-electron chi connectivity index (χ2n) is 7.78. The second kappa shape index (κ2) is 10.7. The summed E-state index contributed by atoms with van der Waals surface area (Å²) >= 11 is 0. The lowest BCUT2D eigenvalue weighted by molar-refractivity contribution is -0.126. The molecule has 35 heavy (non-hydrogen) atoms. The Balaban J connectivity index is 1.68. The summed E-state index contributed by atoms with van der Waals surface area (Å²) in [6, 6.07) is 15.4. The Kier molecular flexibility index (Phi) is 7.25. The summed E-state index contributed by atoms with van der Waals surface area (Å²) in [6.45, 7) is 7.37. The number of benzene rings is 2. The van der Waals surface area contributed by atoms with Gasteiger partial charge in [-0.05, 0) is 36.8 Å². The zero-order valence-corrected chi connectivity index (χ0v) is 19.8. The number of methoxy groups -OCH3 is 1. The molecule has 4 aromatic rings. The summed E-state index contributed by atoms with van der Waals surface area (Å²) in [7, 11) is 1.59. The quantitative estimate of drug-likeness (QED) is 0.351. The van der Waals surface area contributed by atoms with E-state index in [0.29, 0.717) is 60.3 Å². The smallest absolute Gasteiger partial charge is 0.246 e. The van der Waals surface area contributed by atoms with Crippen molar-refractivity contribution in [2.45, 2.75) is 20.0 Å². The van der Waals surface area contributed by atoms with Gasteiger partial charge in [-0.25, -0.2) is 14.6 Å². The first-order valence-electron chi connectivity index (χ1n) is 11.3. The maximum atomic E-state index is 12.5. The molecule has 2 aromatic heterocycles. The molecule has 0 aliphatic carbocycles. The van der Waals surface area contributed by atoms with Crippen molar-refractivity contribution in [3.63, 3.8) is 0 Å². The van der Waals surface area contributed by atoms with Crippen LogP contribution in [0.1, 0.15) is 12.5 Å². The largest absolute Gasteiger partial charge is 0.493 e. The van der Waals surface area contributed by atoms with Crippen LogP contribution >= 0.6 is 0 Å². The van der Waals surface area contributed by atoms with Crippen molar-refractivity contribution in [3.8, 4) is 22.8 Å². The lowest BCUT2D eigenvalue weighted by Crippen LogP contribution is -2.32. The molecule has 2 N–H and O–H groups in total. The molecule has 1 amide bonds. The fraction of sp³-hybridized carbons (Fsp3) is 0.231. The van der Waals surface area contributed by atoms with Gasteiger partial charge in [-0.2, -0.15) is 5.10 Å². The standard InChI is InChI=1S/C26H28N6O3/c1-4-22(33)31(16-18-9-7-6-8-10-18)13-14-32-26-23(25(27)28-17-29-26)24(30-32)19-11-12-20(35-5-2)21(15-19)34-3/h4,6-12,15,17H,1,5,13-14,16H2,2-3H3,(H2,27,28,29). The third kappa shape index (κ3) is 5.08. The molecule has 0 spiro atoms. The minimum absolute atomic E-state index is 0.157. The predicted molar refractivity (Wildman–Crippen MR) is 135 cm³/mol. The Labute approximate surface area is 203 Å². The normalized spacial score (nSPS) is 10.8. The van der Waals surface area contributed by atoms with E-state index in [1.807, 2.05) is 55.5 Å². The van der Waals surface area contributed by atoms with E-state index in [9.17, 15) is 4.79 Å². The van der Waals surface area contributed by atoms with Crippen LogP contribution in [0.25, 0.3) is 22.3 Å². The van der Waals surface area contributed by atoms with Crippen molar-refractivity contribution in [1.29, 1.82) is 0 Å². The van der Waals surface area contributed by atoms with Crippen LogP contribution in [0.15, 0.2) is 67.5 Å². The minimum atomic E-state index is -0.157. The van der Waals surface area contributed by atoms with Gasteiger partial charge in [-0.3, -0.25) is 4.79 Å². The number of nitrogen functional groups attached to an aromatic ring is 1. The first kappa shape index (κ1) is 23.7. The van der Waals surface area contributed by atoms with Gasteiger partial charge in [0.15, 0.2) is 17.1 Å². The van der Waals surface area contributed by atoms with Crippen molar-refractivity contribution in [2.75, 3.05) is 26.0 Å². The third-order valence-electron chi connectivity index (χ3n) is 5.58. The van der Waals surface area contributed by atoms with Gasteiger partial charge in [0, 0.05) is 18.7 Å². The third-order valence-corrected chi connectivity index (χ3v) is 5.58. The van der Waals surface area contributed by atoms with Gasteiger partial charge in [-0.15, -0.1) is 0 Å². The van der Waals surface area contributed by atoms with E-state index in [1.54, 1.807) is 16.7 Å². The number of carbonyl (C=O) groups excluding carboxylic acids is 1. The van der Waals surface area contributed by atoms with E-state index in [-0.39, 0.29) is 5.91 Å². The molecule has 0 radical (unpaired) electrons. The maximum Gasteiger partial charge on any atom is 0.246 e. The molecule has 0 aliphatic rings. The van der Waals surface area contributed by atoms with E-state index >= 15 is 0 Å². The number of rotatable bonds is 10. The summed E-state index contributed by atoms with van der Waals surface area (Å²) in [6.07, 6.45) is 2.73. The molecule has 0 fully saturated rings. The van der Waals surface area contributed by atoms with E-state index in [0.717, 1.165) is 11.1 Å². The summed E-state index contributed by atoms with van der Waals surface area (Å²) in [5.41, 5.74) is 9.28. The summed E-state index contributed by atoms with van der Waals surface area (Å²) in [5.74, 6) is 1.41. The van der Waals surface area contributed by atoms with Crippen molar-refractivity contribution in [3.05, 3.63) is 73.1 Å². The average Bonchev–Trinajstić information content (AvgIpc) is 3.27. The van der Waals surface area contributed by atoms with Gasteiger partial charge in [0.1, 0.15) is 17.8 Å². The molecule has 0 saturated heterocycles. The molecule has 180 valence electrons. The number of anilines is 1. The molecule has 9 nitrogen and oxygen atoms in total. The molecule has 0 saturated carbocycles. The minimum Gasteiger partial charge on any atom is -0.493 e. The Morgan fingerprint density at radius 2 is 1.97 bits per heavy atom. The molecule has 0 bridgehead atoms. The van der Waals surface area contributed by atoms with Crippen molar-refractivity contribution >= 4 is 22.8 Å². The van der Waals surface area contributed by atoms with Gasteiger partial charge in [0.25, 0.3) is 0 Å². The van der Waals surface area contributed by atoms with E-state index in [2.05, 4.69) is 16.5 Å².